The highest BCUT2D eigenvalue weighted by atomic mass is 32.2. The summed E-state index contributed by atoms with van der Waals surface area (Å²) in [7, 11) is 0. The minimum atomic E-state index is 0.172. The van der Waals surface area contributed by atoms with Crippen molar-refractivity contribution in [3.05, 3.63) is 17.3 Å². The molecule has 0 aliphatic carbocycles. The predicted molar refractivity (Wildman–Crippen MR) is 60.9 cm³/mol. The molecular formula is C9H10N2O2S2. The average molecular weight is 242 g/mol. The Hall–Kier alpha value is -0.850. The van der Waals surface area contributed by atoms with Crippen molar-refractivity contribution in [3.63, 3.8) is 0 Å². The van der Waals surface area contributed by atoms with Gasteiger partial charge in [0.15, 0.2) is 11.2 Å². The lowest BCUT2D eigenvalue weighted by Gasteiger charge is -1.96. The maximum atomic E-state index is 10.9. The van der Waals surface area contributed by atoms with Crippen molar-refractivity contribution in [2.45, 2.75) is 11.4 Å². The first-order valence-corrected chi connectivity index (χ1v) is 6.37. The first-order chi connectivity index (χ1) is 7.36. The molecular weight excluding hydrogens is 232 g/mol. The summed E-state index contributed by atoms with van der Waals surface area (Å²) < 4.78 is 1.79. The third-order valence-corrected chi connectivity index (χ3v) is 3.74. The summed E-state index contributed by atoms with van der Waals surface area (Å²) in [6.45, 7) is 0.172. The van der Waals surface area contributed by atoms with Gasteiger partial charge in [0.2, 0.25) is 0 Å². The Labute approximate surface area is 94.9 Å². The van der Waals surface area contributed by atoms with Gasteiger partial charge in [0, 0.05) is 23.9 Å². The molecule has 0 aromatic carbocycles. The number of rotatable bonds is 5. The highest BCUT2D eigenvalue weighted by molar-refractivity contribution is 7.99. The summed E-state index contributed by atoms with van der Waals surface area (Å²) in [6.07, 6.45) is 3.38. The molecule has 2 rings (SSSR count). The average Bonchev–Trinajstić information content (AvgIpc) is 2.77. The van der Waals surface area contributed by atoms with Gasteiger partial charge in [0.25, 0.3) is 0 Å². The van der Waals surface area contributed by atoms with Gasteiger partial charge in [0.05, 0.1) is 0 Å². The van der Waals surface area contributed by atoms with Gasteiger partial charge in [-0.15, -0.1) is 23.1 Å². The third-order valence-electron chi connectivity index (χ3n) is 1.92. The van der Waals surface area contributed by atoms with Crippen LogP contribution in [0.15, 0.2) is 16.6 Å². The van der Waals surface area contributed by atoms with E-state index in [0.29, 0.717) is 12.1 Å². The molecule has 4 nitrogen and oxygen atoms in total. The molecule has 0 bridgehead atoms. The second kappa shape index (κ2) is 4.78. The zero-order valence-corrected chi connectivity index (χ0v) is 9.55. The van der Waals surface area contributed by atoms with Crippen molar-refractivity contribution in [2.75, 3.05) is 12.4 Å². The van der Waals surface area contributed by atoms with Crippen molar-refractivity contribution >= 4 is 34.3 Å². The third kappa shape index (κ3) is 2.06. The van der Waals surface area contributed by atoms with E-state index in [1.807, 2.05) is 11.6 Å². The number of aliphatic hydroxyl groups is 1. The standard InChI is InChI=1S/C9H10N2O2S2/c12-3-1-4-14-8-7(6-13)11-2-5-15-9(11)10-8/h2,5-6,12H,1,3-4H2. The smallest absolute Gasteiger partial charge is 0.195 e. The van der Waals surface area contributed by atoms with Crippen LogP contribution in [0.2, 0.25) is 0 Å². The van der Waals surface area contributed by atoms with Gasteiger partial charge in [-0.25, -0.2) is 4.98 Å². The van der Waals surface area contributed by atoms with Gasteiger partial charge >= 0.3 is 0 Å². The molecule has 1 N–H and O–H groups in total. The molecule has 0 radical (unpaired) electrons. The second-order valence-electron chi connectivity index (χ2n) is 2.90. The number of thioether (sulfide) groups is 1. The zero-order chi connectivity index (χ0) is 10.7. The zero-order valence-electron chi connectivity index (χ0n) is 7.92. The molecule has 0 unspecified atom stereocenters. The molecule has 2 aromatic rings. The summed E-state index contributed by atoms with van der Waals surface area (Å²) in [5.41, 5.74) is 0.606. The van der Waals surface area contributed by atoms with E-state index in [-0.39, 0.29) is 6.61 Å². The van der Waals surface area contributed by atoms with Gasteiger partial charge in [-0.3, -0.25) is 9.20 Å². The molecule has 0 saturated heterocycles. The summed E-state index contributed by atoms with van der Waals surface area (Å²) >= 11 is 3.02. The highest BCUT2D eigenvalue weighted by Crippen LogP contribution is 2.24. The number of hydrogen-bond acceptors (Lipinski definition) is 5. The van der Waals surface area contributed by atoms with Crippen LogP contribution >= 0.6 is 23.1 Å². The van der Waals surface area contributed by atoms with Gasteiger partial charge in [-0.2, -0.15) is 0 Å². The van der Waals surface area contributed by atoms with Crippen LogP contribution in [0.3, 0.4) is 0 Å². The minimum Gasteiger partial charge on any atom is -0.396 e. The number of nitrogens with zero attached hydrogens (tertiary/aromatic N) is 2. The summed E-state index contributed by atoms with van der Waals surface area (Å²) in [4.78, 5) is 16.1. The van der Waals surface area contributed by atoms with E-state index in [2.05, 4.69) is 4.98 Å². The first kappa shape index (κ1) is 10.7. The SMILES string of the molecule is O=Cc1c(SCCCO)nc2sccn12. The first-order valence-electron chi connectivity index (χ1n) is 4.51. The monoisotopic (exact) mass is 242 g/mol. The lowest BCUT2D eigenvalue weighted by atomic mass is 10.5. The predicted octanol–water partition coefficient (Wildman–Crippen LogP) is 1.68. The number of carbonyl (C=O) groups excluding carboxylic acids is 1. The highest BCUT2D eigenvalue weighted by Gasteiger charge is 2.12. The quantitative estimate of drug-likeness (QED) is 0.492. The molecule has 0 saturated carbocycles. The summed E-state index contributed by atoms with van der Waals surface area (Å²) in [5.74, 6) is 0.780. The Kier molecular flexibility index (Phi) is 3.40. The van der Waals surface area contributed by atoms with Crippen molar-refractivity contribution < 1.29 is 9.90 Å². The molecule has 80 valence electrons. The fourth-order valence-corrected chi connectivity index (χ4v) is 2.92. The molecule has 0 atom stereocenters. The molecule has 6 heteroatoms. The number of aromatic nitrogens is 2. The largest absolute Gasteiger partial charge is 0.396 e. The van der Waals surface area contributed by atoms with E-state index in [1.54, 1.807) is 4.40 Å². The Morgan fingerprint density at radius 2 is 2.53 bits per heavy atom. The number of hydrogen-bond donors (Lipinski definition) is 1. The number of imidazole rings is 1. The lowest BCUT2D eigenvalue weighted by molar-refractivity contribution is 0.111. The number of fused-ring (bicyclic) bond motifs is 1. The van der Waals surface area contributed by atoms with Gasteiger partial charge < -0.3 is 5.11 Å². The Morgan fingerprint density at radius 3 is 3.27 bits per heavy atom. The molecule has 2 heterocycles. The van der Waals surface area contributed by atoms with E-state index >= 15 is 0 Å². The van der Waals surface area contributed by atoms with Crippen LogP contribution in [0, 0.1) is 0 Å². The topological polar surface area (TPSA) is 54.6 Å². The molecule has 0 spiro atoms. The van der Waals surface area contributed by atoms with Crippen LogP contribution in [0.5, 0.6) is 0 Å². The van der Waals surface area contributed by atoms with E-state index in [9.17, 15) is 4.79 Å². The Morgan fingerprint density at radius 1 is 1.67 bits per heavy atom. The van der Waals surface area contributed by atoms with Gasteiger partial charge in [-0.1, -0.05) is 0 Å². The number of aliphatic hydroxyl groups excluding tert-OH is 1. The normalized spacial score (nSPS) is 11.0. The van der Waals surface area contributed by atoms with Crippen molar-refractivity contribution in [1.82, 2.24) is 9.38 Å². The Balaban J connectivity index is 2.25. The number of thiazole rings is 1. The molecule has 2 aromatic heterocycles. The van der Waals surface area contributed by atoms with Crippen molar-refractivity contribution in [3.8, 4) is 0 Å². The number of aldehydes is 1. The van der Waals surface area contributed by atoms with Crippen molar-refractivity contribution in [2.24, 2.45) is 0 Å². The maximum absolute atomic E-state index is 10.9. The van der Waals surface area contributed by atoms with Crippen LogP contribution in [-0.4, -0.2) is 33.1 Å². The summed E-state index contributed by atoms with van der Waals surface area (Å²) in [5, 5.41) is 11.3. The van der Waals surface area contributed by atoms with E-state index in [1.165, 1.54) is 23.1 Å². The minimum absolute atomic E-state index is 0.172. The lowest BCUT2D eigenvalue weighted by Crippen LogP contribution is -1.90. The van der Waals surface area contributed by atoms with Crippen LogP contribution in [-0.2, 0) is 0 Å². The van der Waals surface area contributed by atoms with Crippen molar-refractivity contribution in [1.29, 1.82) is 0 Å². The molecule has 0 fully saturated rings. The fraction of sp³-hybridized carbons (Fsp3) is 0.333. The van der Waals surface area contributed by atoms with Crippen LogP contribution < -0.4 is 0 Å². The van der Waals surface area contributed by atoms with E-state index in [4.69, 9.17) is 5.11 Å². The van der Waals surface area contributed by atoms with Gasteiger partial charge in [-0.05, 0) is 6.42 Å². The van der Waals surface area contributed by atoms with Gasteiger partial charge in [0.1, 0.15) is 10.7 Å². The molecule has 0 aliphatic heterocycles. The maximum Gasteiger partial charge on any atom is 0.195 e. The van der Waals surface area contributed by atoms with Crippen LogP contribution in [0.1, 0.15) is 16.9 Å². The van der Waals surface area contributed by atoms with E-state index < -0.39 is 0 Å². The van der Waals surface area contributed by atoms with E-state index in [0.717, 1.165) is 22.0 Å². The fourth-order valence-electron chi connectivity index (χ4n) is 1.23. The molecule has 0 aliphatic rings. The van der Waals surface area contributed by atoms with Crippen LogP contribution in [0.25, 0.3) is 4.96 Å². The summed E-state index contributed by atoms with van der Waals surface area (Å²) in [6, 6.07) is 0. The molecule has 0 amide bonds. The molecule has 15 heavy (non-hydrogen) atoms. The van der Waals surface area contributed by atoms with Crippen LogP contribution in [0.4, 0.5) is 0 Å². The Bertz CT molecular complexity index is 464. The number of carbonyl (C=O) groups is 1. The second-order valence-corrected chi connectivity index (χ2v) is 4.86.